The van der Waals surface area contributed by atoms with Gasteiger partial charge in [0.05, 0.1) is 11.8 Å². The summed E-state index contributed by atoms with van der Waals surface area (Å²) < 4.78 is 1.66. The van der Waals surface area contributed by atoms with E-state index in [2.05, 4.69) is 11.7 Å². The number of hydrogen-bond donors (Lipinski definition) is 1. The summed E-state index contributed by atoms with van der Waals surface area (Å²) >= 11 is 0. The van der Waals surface area contributed by atoms with Gasteiger partial charge in [0.1, 0.15) is 0 Å². The Morgan fingerprint density at radius 2 is 2.50 bits per heavy atom. The first kappa shape index (κ1) is 8.52. The lowest BCUT2D eigenvalue weighted by molar-refractivity contribution is -0.130. The van der Waals surface area contributed by atoms with Crippen molar-refractivity contribution >= 4 is 11.5 Å². The largest absolute Gasteiger partial charge is 0.478 e. The van der Waals surface area contributed by atoms with E-state index in [9.17, 15) is 4.79 Å². The summed E-state index contributed by atoms with van der Waals surface area (Å²) in [5.74, 6) is -1.01. The summed E-state index contributed by atoms with van der Waals surface area (Å²) in [5.41, 5.74) is 0.638. The van der Waals surface area contributed by atoms with Crippen LogP contribution in [0.3, 0.4) is 0 Å². The molecule has 0 radical (unpaired) electrons. The molecular formula is C8H10N2O2. The van der Waals surface area contributed by atoms with Crippen LogP contribution in [0.1, 0.15) is 12.5 Å². The Kier molecular flexibility index (Phi) is 2.28. The molecule has 0 spiro atoms. The first-order valence-electron chi connectivity index (χ1n) is 3.60. The number of carboxylic acids is 1. The monoisotopic (exact) mass is 166 g/mol. The topological polar surface area (TPSA) is 55.1 Å². The normalized spacial score (nSPS) is 9.75. The van der Waals surface area contributed by atoms with Crippen LogP contribution >= 0.6 is 0 Å². The van der Waals surface area contributed by atoms with Gasteiger partial charge in [0, 0.05) is 18.3 Å². The maximum Gasteiger partial charge on any atom is 0.335 e. The fourth-order valence-corrected chi connectivity index (χ4v) is 0.816. The molecule has 0 fully saturated rings. The van der Waals surface area contributed by atoms with Gasteiger partial charge < -0.3 is 5.11 Å². The third-order valence-electron chi connectivity index (χ3n) is 1.56. The fraction of sp³-hybridized carbons (Fsp3) is 0.250. The van der Waals surface area contributed by atoms with Gasteiger partial charge in [-0.2, -0.15) is 5.10 Å². The molecule has 1 heterocycles. The molecule has 0 aromatic carbocycles. The summed E-state index contributed by atoms with van der Waals surface area (Å²) in [6, 6.07) is 0. The molecule has 0 bridgehead atoms. The Hall–Kier alpha value is -1.58. The van der Waals surface area contributed by atoms with Gasteiger partial charge >= 0.3 is 5.97 Å². The molecule has 0 saturated carbocycles. The maximum atomic E-state index is 10.5. The molecule has 1 aromatic heterocycles. The molecule has 0 aliphatic carbocycles. The van der Waals surface area contributed by atoms with Crippen molar-refractivity contribution in [1.82, 2.24) is 9.78 Å². The van der Waals surface area contributed by atoms with Gasteiger partial charge in [0.25, 0.3) is 0 Å². The predicted molar refractivity (Wildman–Crippen MR) is 44.6 cm³/mol. The van der Waals surface area contributed by atoms with Crippen molar-refractivity contribution in [2.75, 3.05) is 0 Å². The number of carbonyl (C=O) groups is 1. The number of aliphatic carboxylic acids is 1. The molecule has 12 heavy (non-hydrogen) atoms. The lowest BCUT2D eigenvalue weighted by Crippen LogP contribution is -1.97. The van der Waals surface area contributed by atoms with Crippen molar-refractivity contribution in [3.05, 3.63) is 24.5 Å². The number of carboxylic acid groups (broad SMARTS) is 1. The molecule has 0 aliphatic heterocycles. The van der Waals surface area contributed by atoms with E-state index >= 15 is 0 Å². The van der Waals surface area contributed by atoms with Gasteiger partial charge in [-0.05, 0) is 6.92 Å². The molecule has 0 amide bonds. The predicted octanol–water partition coefficient (Wildman–Crippen LogP) is 1.00. The smallest absolute Gasteiger partial charge is 0.335 e. The van der Waals surface area contributed by atoms with Crippen LogP contribution in [0.4, 0.5) is 0 Å². The summed E-state index contributed by atoms with van der Waals surface area (Å²) in [5, 5.41) is 12.5. The highest BCUT2D eigenvalue weighted by Crippen LogP contribution is 2.10. The van der Waals surface area contributed by atoms with Gasteiger partial charge in [-0.3, -0.25) is 4.68 Å². The fourth-order valence-electron chi connectivity index (χ4n) is 0.816. The van der Waals surface area contributed by atoms with Crippen LogP contribution in [-0.4, -0.2) is 20.9 Å². The third kappa shape index (κ3) is 1.53. The Morgan fingerprint density at radius 1 is 1.83 bits per heavy atom. The number of aromatic nitrogens is 2. The molecule has 0 saturated heterocycles. The van der Waals surface area contributed by atoms with E-state index in [-0.39, 0.29) is 5.57 Å². The van der Waals surface area contributed by atoms with Crippen LogP contribution in [0.2, 0.25) is 0 Å². The second kappa shape index (κ2) is 3.21. The second-order valence-corrected chi connectivity index (χ2v) is 2.37. The molecule has 1 rings (SSSR count). The molecule has 0 unspecified atom stereocenters. The van der Waals surface area contributed by atoms with Crippen LogP contribution in [0.25, 0.3) is 5.57 Å². The van der Waals surface area contributed by atoms with Crippen LogP contribution in [0.5, 0.6) is 0 Å². The van der Waals surface area contributed by atoms with E-state index < -0.39 is 5.97 Å². The van der Waals surface area contributed by atoms with Crippen LogP contribution in [0.15, 0.2) is 19.0 Å². The molecule has 0 atom stereocenters. The number of hydrogen-bond acceptors (Lipinski definition) is 2. The van der Waals surface area contributed by atoms with E-state index in [0.29, 0.717) is 5.56 Å². The lowest BCUT2D eigenvalue weighted by Gasteiger charge is -1.93. The Balaban J connectivity index is 2.89. The first-order valence-corrected chi connectivity index (χ1v) is 3.60. The summed E-state index contributed by atoms with van der Waals surface area (Å²) in [6.07, 6.45) is 3.16. The van der Waals surface area contributed by atoms with Gasteiger partial charge in [-0.15, -0.1) is 0 Å². The molecule has 4 nitrogen and oxygen atoms in total. The summed E-state index contributed by atoms with van der Waals surface area (Å²) in [6.45, 7) is 6.08. The standard InChI is InChI=1S/C8H10N2O2/c1-3-10-5-7(4-9-10)6(2)8(11)12/h4-5H,2-3H2,1H3,(H,11,12). The molecule has 64 valence electrons. The SMILES string of the molecule is C=C(C(=O)O)c1cnn(CC)c1. The maximum absolute atomic E-state index is 10.5. The van der Waals surface area contributed by atoms with Gasteiger partial charge in [0.15, 0.2) is 0 Å². The highest BCUT2D eigenvalue weighted by atomic mass is 16.4. The zero-order chi connectivity index (χ0) is 9.14. The average Bonchev–Trinajstić information content (AvgIpc) is 2.50. The molecule has 1 aromatic rings. The minimum Gasteiger partial charge on any atom is -0.478 e. The van der Waals surface area contributed by atoms with Crippen molar-refractivity contribution in [3.63, 3.8) is 0 Å². The van der Waals surface area contributed by atoms with Gasteiger partial charge in [0.2, 0.25) is 0 Å². The van der Waals surface area contributed by atoms with Crippen molar-refractivity contribution in [2.24, 2.45) is 0 Å². The van der Waals surface area contributed by atoms with Gasteiger partial charge in [-0.1, -0.05) is 6.58 Å². The van der Waals surface area contributed by atoms with Crippen molar-refractivity contribution in [1.29, 1.82) is 0 Å². The Labute approximate surface area is 70.1 Å². The van der Waals surface area contributed by atoms with Crippen LogP contribution in [-0.2, 0) is 11.3 Å². The van der Waals surface area contributed by atoms with E-state index in [4.69, 9.17) is 5.11 Å². The van der Waals surface area contributed by atoms with E-state index in [1.807, 2.05) is 6.92 Å². The quantitative estimate of drug-likeness (QED) is 0.681. The number of rotatable bonds is 3. The highest BCUT2D eigenvalue weighted by molar-refractivity contribution is 6.14. The minimum absolute atomic E-state index is 0.0784. The first-order chi connectivity index (χ1) is 5.65. The van der Waals surface area contributed by atoms with Crippen LogP contribution < -0.4 is 0 Å². The summed E-state index contributed by atoms with van der Waals surface area (Å²) in [7, 11) is 0. The lowest BCUT2D eigenvalue weighted by atomic mass is 10.2. The van der Waals surface area contributed by atoms with E-state index in [1.165, 1.54) is 6.20 Å². The van der Waals surface area contributed by atoms with Gasteiger partial charge in [-0.25, -0.2) is 4.79 Å². The second-order valence-electron chi connectivity index (χ2n) is 2.37. The van der Waals surface area contributed by atoms with E-state index in [1.54, 1.807) is 10.9 Å². The Morgan fingerprint density at radius 3 is 2.92 bits per heavy atom. The summed E-state index contributed by atoms with van der Waals surface area (Å²) in [4.78, 5) is 10.5. The minimum atomic E-state index is -1.01. The molecule has 1 N–H and O–H groups in total. The van der Waals surface area contributed by atoms with E-state index in [0.717, 1.165) is 6.54 Å². The van der Waals surface area contributed by atoms with Crippen molar-refractivity contribution in [2.45, 2.75) is 13.5 Å². The Bertz CT molecular complexity index is 315. The zero-order valence-electron chi connectivity index (χ0n) is 6.82. The number of nitrogens with zero attached hydrogens (tertiary/aromatic N) is 2. The number of aryl methyl sites for hydroxylation is 1. The molecule has 0 aliphatic rings. The van der Waals surface area contributed by atoms with Crippen molar-refractivity contribution in [3.8, 4) is 0 Å². The third-order valence-corrected chi connectivity index (χ3v) is 1.56. The average molecular weight is 166 g/mol. The molecular weight excluding hydrogens is 156 g/mol. The molecule has 4 heteroatoms. The zero-order valence-corrected chi connectivity index (χ0v) is 6.82. The van der Waals surface area contributed by atoms with Crippen LogP contribution in [0, 0.1) is 0 Å². The highest BCUT2D eigenvalue weighted by Gasteiger charge is 2.08. The van der Waals surface area contributed by atoms with Crippen molar-refractivity contribution < 1.29 is 9.90 Å².